The number of amides is 3. The Bertz CT molecular complexity index is 988. The van der Waals surface area contributed by atoms with E-state index in [0.29, 0.717) is 38.3 Å². The Balaban J connectivity index is 1.26. The van der Waals surface area contributed by atoms with Crippen LogP contribution in [0.3, 0.4) is 0 Å². The van der Waals surface area contributed by atoms with Gasteiger partial charge in [-0.25, -0.2) is 17.6 Å². The van der Waals surface area contributed by atoms with Crippen molar-refractivity contribution in [1.29, 1.82) is 0 Å². The third kappa shape index (κ3) is 5.42. The topological polar surface area (TPSA) is 92.8 Å². The highest BCUT2D eigenvalue weighted by Crippen LogP contribution is 2.50. The summed E-state index contributed by atoms with van der Waals surface area (Å²) in [6.07, 6.45) is 5.59. The standard InChI is InChI=1S/C23H31FN2O5S/c1-16-21(27)25-22(28)26(16)11-3-2-4-12-32(29,30)15-23(9-10-23)18-7-8-19(24)20(13-18)31-14-17-5-6-17/h7-8,13,16-17H,2-6,9-12,14-15H2,1H3,(H,25,27,28). The third-order valence-corrected chi connectivity index (χ3v) is 8.66. The molecule has 0 aromatic heterocycles. The fourth-order valence-corrected chi connectivity index (χ4v) is 6.36. The lowest BCUT2D eigenvalue weighted by atomic mass is 9.98. The zero-order valence-corrected chi connectivity index (χ0v) is 19.3. The molecule has 2 saturated carbocycles. The molecule has 3 amide bonds. The van der Waals surface area contributed by atoms with Crippen LogP contribution in [0.1, 0.15) is 57.4 Å². The molecule has 2 aliphatic carbocycles. The summed E-state index contributed by atoms with van der Waals surface area (Å²) in [7, 11) is -3.27. The molecule has 0 bridgehead atoms. The number of carbonyl (C=O) groups excluding carboxylic acids is 2. The van der Waals surface area contributed by atoms with Gasteiger partial charge in [-0.3, -0.25) is 10.1 Å². The number of rotatable bonds is 12. The average molecular weight is 467 g/mol. The Morgan fingerprint density at radius 1 is 1.19 bits per heavy atom. The Morgan fingerprint density at radius 2 is 1.94 bits per heavy atom. The maximum absolute atomic E-state index is 14.1. The van der Waals surface area contributed by atoms with E-state index in [9.17, 15) is 22.4 Å². The van der Waals surface area contributed by atoms with Crippen molar-refractivity contribution >= 4 is 21.8 Å². The largest absolute Gasteiger partial charge is 0.490 e. The van der Waals surface area contributed by atoms with E-state index in [1.54, 1.807) is 19.1 Å². The number of benzene rings is 1. The van der Waals surface area contributed by atoms with Gasteiger partial charge in [-0.05, 0) is 69.1 Å². The molecule has 3 fully saturated rings. The summed E-state index contributed by atoms with van der Waals surface area (Å²) in [5.41, 5.74) is 0.403. The predicted octanol–water partition coefficient (Wildman–Crippen LogP) is 3.17. The molecule has 0 radical (unpaired) electrons. The van der Waals surface area contributed by atoms with Crippen molar-refractivity contribution in [2.75, 3.05) is 24.7 Å². The summed E-state index contributed by atoms with van der Waals surface area (Å²) in [5, 5.41) is 2.27. The van der Waals surface area contributed by atoms with Gasteiger partial charge in [0.15, 0.2) is 21.4 Å². The molecule has 176 valence electrons. The monoisotopic (exact) mass is 466 g/mol. The maximum Gasteiger partial charge on any atom is 0.324 e. The van der Waals surface area contributed by atoms with Gasteiger partial charge in [0.2, 0.25) is 0 Å². The molecule has 3 aliphatic rings. The first-order valence-corrected chi connectivity index (χ1v) is 13.3. The molecule has 4 rings (SSSR count). The molecule has 1 N–H and O–H groups in total. The SMILES string of the molecule is CC1C(=O)NC(=O)N1CCCCCS(=O)(=O)CC1(c2ccc(F)c(OCC3CC3)c2)CC1. The van der Waals surface area contributed by atoms with Crippen LogP contribution >= 0.6 is 0 Å². The zero-order valence-electron chi connectivity index (χ0n) is 18.4. The molecule has 1 aromatic carbocycles. The number of unbranched alkanes of at least 4 members (excludes halogenated alkanes) is 2. The number of ether oxygens (including phenoxy) is 1. The van der Waals surface area contributed by atoms with E-state index in [-0.39, 0.29) is 29.2 Å². The van der Waals surface area contributed by atoms with Crippen LogP contribution in [0, 0.1) is 11.7 Å². The van der Waals surface area contributed by atoms with E-state index in [1.165, 1.54) is 11.0 Å². The number of halogens is 1. The first-order chi connectivity index (χ1) is 15.2. The van der Waals surface area contributed by atoms with Gasteiger partial charge in [-0.2, -0.15) is 0 Å². The molecule has 1 atom stereocenters. The summed E-state index contributed by atoms with van der Waals surface area (Å²) in [5.74, 6) is 0.175. The summed E-state index contributed by atoms with van der Waals surface area (Å²) < 4.78 is 45.3. The highest BCUT2D eigenvalue weighted by Gasteiger charge is 2.47. The lowest BCUT2D eigenvalue weighted by molar-refractivity contribution is -0.121. The predicted molar refractivity (Wildman–Crippen MR) is 118 cm³/mol. The Hall–Kier alpha value is -2.16. The maximum atomic E-state index is 14.1. The molecular weight excluding hydrogens is 435 g/mol. The van der Waals surface area contributed by atoms with Crippen LogP contribution in [0.5, 0.6) is 5.75 Å². The zero-order chi connectivity index (χ0) is 22.9. The van der Waals surface area contributed by atoms with Gasteiger partial charge in [0.05, 0.1) is 18.1 Å². The molecule has 32 heavy (non-hydrogen) atoms. The van der Waals surface area contributed by atoms with Crippen LogP contribution in [-0.2, 0) is 20.0 Å². The normalized spacial score (nSPS) is 22.2. The van der Waals surface area contributed by atoms with Crippen LogP contribution in [0.4, 0.5) is 9.18 Å². The van der Waals surface area contributed by atoms with Crippen molar-refractivity contribution < 1.29 is 27.1 Å². The molecule has 1 aliphatic heterocycles. The summed E-state index contributed by atoms with van der Waals surface area (Å²) in [6.45, 7) is 2.62. The van der Waals surface area contributed by atoms with Crippen molar-refractivity contribution in [3.05, 3.63) is 29.6 Å². The van der Waals surface area contributed by atoms with E-state index < -0.39 is 27.1 Å². The van der Waals surface area contributed by atoms with Crippen molar-refractivity contribution in [3.63, 3.8) is 0 Å². The first-order valence-electron chi connectivity index (χ1n) is 11.4. The highest BCUT2D eigenvalue weighted by atomic mass is 32.2. The summed E-state index contributed by atoms with van der Waals surface area (Å²) >= 11 is 0. The van der Waals surface area contributed by atoms with Gasteiger partial charge in [-0.1, -0.05) is 12.5 Å². The number of imide groups is 1. The van der Waals surface area contributed by atoms with Crippen molar-refractivity contribution in [1.82, 2.24) is 10.2 Å². The van der Waals surface area contributed by atoms with Crippen molar-refractivity contribution in [2.45, 2.75) is 63.3 Å². The van der Waals surface area contributed by atoms with Gasteiger partial charge in [0.25, 0.3) is 5.91 Å². The van der Waals surface area contributed by atoms with Crippen molar-refractivity contribution in [3.8, 4) is 5.75 Å². The fourth-order valence-electron chi connectivity index (χ4n) is 4.27. The molecular formula is C23H31FN2O5S. The molecule has 1 unspecified atom stereocenters. The molecule has 1 saturated heterocycles. The van der Waals surface area contributed by atoms with E-state index in [1.807, 2.05) is 0 Å². The van der Waals surface area contributed by atoms with Gasteiger partial charge >= 0.3 is 6.03 Å². The molecule has 1 heterocycles. The summed E-state index contributed by atoms with van der Waals surface area (Å²) in [4.78, 5) is 24.7. The van der Waals surface area contributed by atoms with Gasteiger partial charge in [-0.15, -0.1) is 0 Å². The molecule has 1 aromatic rings. The number of carbonyl (C=O) groups is 2. The minimum Gasteiger partial charge on any atom is -0.490 e. The second-order valence-corrected chi connectivity index (χ2v) is 11.7. The minimum atomic E-state index is -3.27. The van der Waals surface area contributed by atoms with E-state index in [2.05, 4.69) is 5.32 Å². The lowest BCUT2D eigenvalue weighted by Gasteiger charge is -2.19. The Morgan fingerprint density at radius 3 is 2.56 bits per heavy atom. The number of sulfone groups is 1. The van der Waals surface area contributed by atoms with Crippen LogP contribution < -0.4 is 10.1 Å². The van der Waals surface area contributed by atoms with Crippen LogP contribution in [0.2, 0.25) is 0 Å². The number of urea groups is 1. The quantitative estimate of drug-likeness (QED) is 0.377. The second kappa shape index (κ2) is 9.00. The fraction of sp³-hybridized carbons (Fsp3) is 0.652. The van der Waals surface area contributed by atoms with Gasteiger partial charge in [0, 0.05) is 12.0 Å². The van der Waals surface area contributed by atoms with Gasteiger partial charge in [0.1, 0.15) is 6.04 Å². The number of nitrogens with zero attached hydrogens (tertiary/aromatic N) is 1. The van der Waals surface area contributed by atoms with E-state index >= 15 is 0 Å². The van der Waals surface area contributed by atoms with Gasteiger partial charge < -0.3 is 9.64 Å². The number of hydrogen-bond acceptors (Lipinski definition) is 5. The second-order valence-electron chi connectivity index (χ2n) is 9.50. The van der Waals surface area contributed by atoms with Crippen molar-refractivity contribution in [2.24, 2.45) is 5.92 Å². The Kier molecular flexibility index (Phi) is 6.47. The van der Waals surface area contributed by atoms with E-state index in [4.69, 9.17) is 4.74 Å². The van der Waals surface area contributed by atoms with Crippen LogP contribution in [0.15, 0.2) is 18.2 Å². The number of nitrogens with one attached hydrogen (secondary N) is 1. The third-order valence-electron chi connectivity index (χ3n) is 6.76. The number of hydrogen-bond donors (Lipinski definition) is 1. The van der Waals surface area contributed by atoms with Crippen LogP contribution in [0.25, 0.3) is 0 Å². The average Bonchev–Trinajstić information content (AvgIpc) is 3.65. The smallest absolute Gasteiger partial charge is 0.324 e. The highest BCUT2D eigenvalue weighted by molar-refractivity contribution is 7.91. The molecule has 0 spiro atoms. The minimum absolute atomic E-state index is 0.0633. The van der Waals surface area contributed by atoms with Crippen LogP contribution in [-0.4, -0.2) is 56.0 Å². The lowest BCUT2D eigenvalue weighted by Crippen LogP contribution is -2.33. The Labute approximate surface area is 188 Å². The summed E-state index contributed by atoms with van der Waals surface area (Å²) in [6, 6.07) is 3.89. The first kappa shape index (κ1) is 23.0. The molecule has 9 heteroatoms. The molecule has 7 nitrogen and oxygen atoms in total. The van der Waals surface area contributed by atoms with E-state index in [0.717, 1.165) is 31.2 Å².